The van der Waals surface area contributed by atoms with Crippen LogP contribution >= 0.6 is 11.6 Å². The van der Waals surface area contributed by atoms with Crippen molar-refractivity contribution in [1.82, 2.24) is 0 Å². The van der Waals surface area contributed by atoms with Crippen molar-refractivity contribution in [2.24, 2.45) is 0 Å². The van der Waals surface area contributed by atoms with E-state index in [1.54, 1.807) is 0 Å². The summed E-state index contributed by atoms with van der Waals surface area (Å²) < 4.78 is 0. The van der Waals surface area contributed by atoms with Gasteiger partial charge in [0, 0.05) is 11.3 Å². The lowest BCUT2D eigenvalue weighted by Crippen LogP contribution is -2.39. The average Bonchev–Trinajstić information content (AvgIpc) is 2.65. The summed E-state index contributed by atoms with van der Waals surface area (Å²) >= 11 is 6.21. The van der Waals surface area contributed by atoms with E-state index in [0.29, 0.717) is 10.6 Å². The molecule has 1 aliphatic carbocycles. The van der Waals surface area contributed by atoms with Crippen LogP contribution < -0.4 is 5.32 Å². The number of aliphatic hydroxyl groups is 1. The number of anilines is 1. The van der Waals surface area contributed by atoms with Gasteiger partial charge in [-0.3, -0.25) is 0 Å². The van der Waals surface area contributed by atoms with Gasteiger partial charge < -0.3 is 10.4 Å². The Bertz CT molecular complexity index is 502. The van der Waals surface area contributed by atoms with Gasteiger partial charge in [-0.05, 0) is 50.8 Å². The molecule has 0 spiro atoms. The van der Waals surface area contributed by atoms with Gasteiger partial charge in [0.2, 0.25) is 0 Å². The Labute approximate surface area is 113 Å². The largest absolute Gasteiger partial charge is 0.388 e. The molecule has 0 saturated heterocycles. The van der Waals surface area contributed by atoms with Crippen molar-refractivity contribution < 1.29 is 5.11 Å². The van der Waals surface area contributed by atoms with Crippen LogP contribution in [0.3, 0.4) is 0 Å². The number of benzene rings is 1. The van der Waals surface area contributed by atoms with Gasteiger partial charge in [-0.2, -0.15) is 0 Å². The second-order valence-electron chi connectivity index (χ2n) is 5.19. The molecule has 1 aromatic rings. The molecule has 0 bridgehead atoms. The normalized spacial score (nSPS) is 26.9. The fourth-order valence-corrected chi connectivity index (χ4v) is 2.74. The lowest BCUT2D eigenvalue weighted by Gasteiger charge is -2.28. The molecule has 96 valence electrons. The van der Waals surface area contributed by atoms with Crippen LogP contribution in [0.2, 0.25) is 5.02 Å². The third-order valence-corrected chi connectivity index (χ3v) is 4.29. The highest BCUT2D eigenvalue weighted by molar-refractivity contribution is 6.32. The number of hydrogen-bond acceptors (Lipinski definition) is 2. The first-order chi connectivity index (χ1) is 8.45. The lowest BCUT2D eigenvalue weighted by molar-refractivity contribution is 0.0578. The first-order valence-electron chi connectivity index (χ1n) is 6.20. The SMILES string of the molecule is C#Cc1ccc(NC2CCCC2(C)O)c(C)c1Cl. The highest BCUT2D eigenvalue weighted by atomic mass is 35.5. The first-order valence-corrected chi connectivity index (χ1v) is 6.58. The van der Waals surface area contributed by atoms with Crippen LogP contribution in [0.5, 0.6) is 0 Å². The Morgan fingerprint density at radius 3 is 2.83 bits per heavy atom. The second kappa shape index (κ2) is 4.84. The van der Waals surface area contributed by atoms with Crippen molar-refractivity contribution in [3.63, 3.8) is 0 Å². The van der Waals surface area contributed by atoms with E-state index < -0.39 is 5.60 Å². The van der Waals surface area contributed by atoms with E-state index in [2.05, 4.69) is 11.2 Å². The summed E-state index contributed by atoms with van der Waals surface area (Å²) in [6.45, 7) is 3.82. The lowest BCUT2D eigenvalue weighted by atomic mass is 9.99. The molecule has 0 amide bonds. The predicted molar refractivity (Wildman–Crippen MR) is 76.0 cm³/mol. The summed E-state index contributed by atoms with van der Waals surface area (Å²) in [6.07, 6.45) is 8.23. The fourth-order valence-electron chi connectivity index (χ4n) is 2.52. The van der Waals surface area contributed by atoms with E-state index in [1.165, 1.54) is 0 Å². The third-order valence-electron chi connectivity index (χ3n) is 3.80. The van der Waals surface area contributed by atoms with E-state index in [0.717, 1.165) is 30.5 Å². The smallest absolute Gasteiger partial charge is 0.0819 e. The molecule has 3 heteroatoms. The van der Waals surface area contributed by atoms with E-state index in [4.69, 9.17) is 18.0 Å². The minimum Gasteiger partial charge on any atom is -0.388 e. The fraction of sp³-hybridized carbons (Fsp3) is 0.467. The maximum Gasteiger partial charge on any atom is 0.0819 e. The monoisotopic (exact) mass is 263 g/mol. The number of halogens is 1. The van der Waals surface area contributed by atoms with Crippen molar-refractivity contribution in [2.75, 3.05) is 5.32 Å². The Morgan fingerprint density at radius 1 is 1.56 bits per heavy atom. The molecule has 0 radical (unpaired) electrons. The van der Waals surface area contributed by atoms with Gasteiger partial charge >= 0.3 is 0 Å². The summed E-state index contributed by atoms with van der Waals surface area (Å²) in [5, 5.41) is 14.2. The standard InChI is InChI=1S/C15H18ClNO/c1-4-11-7-8-12(10(2)14(11)16)17-13-6-5-9-15(13,3)18/h1,7-8,13,17-18H,5-6,9H2,2-3H3. The molecule has 1 aromatic carbocycles. The van der Waals surface area contributed by atoms with Crippen LogP contribution in [0.15, 0.2) is 12.1 Å². The van der Waals surface area contributed by atoms with Crippen molar-refractivity contribution in [2.45, 2.75) is 44.8 Å². The first kappa shape index (κ1) is 13.3. The molecule has 0 heterocycles. The Morgan fingerprint density at radius 2 is 2.28 bits per heavy atom. The van der Waals surface area contributed by atoms with Gasteiger partial charge in [-0.25, -0.2) is 0 Å². The van der Waals surface area contributed by atoms with E-state index in [1.807, 2.05) is 26.0 Å². The molecular formula is C15H18ClNO. The van der Waals surface area contributed by atoms with Crippen molar-refractivity contribution in [3.8, 4) is 12.3 Å². The summed E-state index contributed by atoms with van der Waals surface area (Å²) in [6, 6.07) is 3.84. The number of hydrogen-bond donors (Lipinski definition) is 2. The van der Waals surface area contributed by atoms with E-state index >= 15 is 0 Å². The van der Waals surface area contributed by atoms with Crippen LogP contribution in [0.1, 0.15) is 37.3 Å². The summed E-state index contributed by atoms with van der Waals surface area (Å²) in [5.41, 5.74) is 1.95. The van der Waals surface area contributed by atoms with Gasteiger partial charge in [0.1, 0.15) is 0 Å². The van der Waals surface area contributed by atoms with Gasteiger partial charge in [-0.15, -0.1) is 6.42 Å². The molecule has 0 aromatic heterocycles. The van der Waals surface area contributed by atoms with Crippen molar-refractivity contribution in [1.29, 1.82) is 0 Å². The van der Waals surface area contributed by atoms with Gasteiger partial charge in [0.15, 0.2) is 0 Å². The van der Waals surface area contributed by atoms with E-state index in [9.17, 15) is 5.11 Å². The van der Waals surface area contributed by atoms with Gasteiger partial charge in [-0.1, -0.05) is 17.5 Å². The zero-order chi connectivity index (χ0) is 13.3. The molecule has 18 heavy (non-hydrogen) atoms. The van der Waals surface area contributed by atoms with Gasteiger partial charge in [0.25, 0.3) is 0 Å². The van der Waals surface area contributed by atoms with Crippen molar-refractivity contribution in [3.05, 3.63) is 28.3 Å². The quantitative estimate of drug-likeness (QED) is 0.802. The third kappa shape index (κ3) is 2.34. The number of rotatable bonds is 2. The molecule has 2 nitrogen and oxygen atoms in total. The summed E-state index contributed by atoms with van der Waals surface area (Å²) in [5.74, 6) is 2.56. The topological polar surface area (TPSA) is 32.3 Å². The van der Waals surface area contributed by atoms with Crippen LogP contribution in [-0.4, -0.2) is 16.7 Å². The molecule has 1 fully saturated rings. The molecule has 2 unspecified atom stereocenters. The second-order valence-corrected chi connectivity index (χ2v) is 5.57. The average molecular weight is 264 g/mol. The maximum absolute atomic E-state index is 10.2. The Kier molecular flexibility index (Phi) is 3.56. The van der Waals surface area contributed by atoms with Crippen LogP contribution in [0.25, 0.3) is 0 Å². The highest BCUT2D eigenvalue weighted by Gasteiger charge is 2.36. The van der Waals surface area contributed by atoms with Crippen molar-refractivity contribution >= 4 is 17.3 Å². The minimum absolute atomic E-state index is 0.0731. The predicted octanol–water partition coefficient (Wildman–Crippen LogP) is 3.35. The molecule has 1 aliphatic rings. The number of nitrogens with one attached hydrogen (secondary N) is 1. The summed E-state index contributed by atoms with van der Waals surface area (Å²) in [4.78, 5) is 0. The maximum atomic E-state index is 10.2. The molecular weight excluding hydrogens is 246 g/mol. The molecule has 2 N–H and O–H groups in total. The molecule has 1 saturated carbocycles. The zero-order valence-electron chi connectivity index (χ0n) is 10.8. The Balaban J connectivity index is 2.26. The highest BCUT2D eigenvalue weighted by Crippen LogP contribution is 2.34. The molecule has 2 atom stereocenters. The van der Waals surface area contributed by atoms with Gasteiger partial charge in [0.05, 0.1) is 16.7 Å². The van der Waals surface area contributed by atoms with Crippen LogP contribution in [0.4, 0.5) is 5.69 Å². The zero-order valence-corrected chi connectivity index (χ0v) is 11.5. The molecule has 0 aliphatic heterocycles. The van der Waals surface area contributed by atoms with E-state index in [-0.39, 0.29) is 6.04 Å². The number of terminal acetylenes is 1. The van der Waals surface area contributed by atoms with Crippen LogP contribution in [-0.2, 0) is 0 Å². The summed E-state index contributed by atoms with van der Waals surface area (Å²) in [7, 11) is 0. The molecule has 2 rings (SSSR count). The van der Waals surface area contributed by atoms with Crippen LogP contribution in [0, 0.1) is 19.3 Å². The Hall–Kier alpha value is -1.17. The minimum atomic E-state index is -0.649.